The molecule has 9 heteroatoms. The van der Waals surface area contributed by atoms with E-state index in [9.17, 15) is 4.79 Å². The van der Waals surface area contributed by atoms with Gasteiger partial charge in [-0.3, -0.25) is 24.2 Å². The molecule has 0 unspecified atom stereocenters. The van der Waals surface area contributed by atoms with Gasteiger partial charge in [-0.2, -0.15) is 5.10 Å². The van der Waals surface area contributed by atoms with Crippen LogP contribution in [0.15, 0.2) is 40.5 Å². The normalized spacial score (nSPS) is 15.2. The predicted octanol–water partition coefficient (Wildman–Crippen LogP) is 2.23. The molecule has 0 radical (unpaired) electrons. The molecule has 0 fully saturated rings. The van der Waals surface area contributed by atoms with E-state index in [0.29, 0.717) is 11.4 Å². The van der Waals surface area contributed by atoms with E-state index in [4.69, 9.17) is 4.74 Å². The van der Waals surface area contributed by atoms with Crippen molar-refractivity contribution >= 4 is 33.3 Å². The Kier molecular flexibility index (Phi) is 3.82. The van der Waals surface area contributed by atoms with Crippen LogP contribution in [0.25, 0.3) is 33.2 Å². The summed E-state index contributed by atoms with van der Waals surface area (Å²) in [6, 6.07) is 3.93. The first-order chi connectivity index (χ1) is 14.5. The molecule has 0 aliphatic carbocycles. The number of pyridine rings is 1. The SMILES string of the molecule is C/N=C1\C(c2cc3c(cc2OC)ncc2c3n(-c3c[nH]nc3C)c(=O)n2C)=CN1C. The average Bonchev–Trinajstić information content (AvgIpc) is 3.26. The highest BCUT2D eigenvalue weighted by molar-refractivity contribution is 6.29. The quantitative estimate of drug-likeness (QED) is 0.566. The first kappa shape index (κ1) is 18.2. The summed E-state index contributed by atoms with van der Waals surface area (Å²) in [6.45, 7) is 1.87. The fourth-order valence-electron chi connectivity index (χ4n) is 4.11. The van der Waals surface area contributed by atoms with E-state index >= 15 is 0 Å². The van der Waals surface area contributed by atoms with Crippen LogP contribution in [0.4, 0.5) is 0 Å². The van der Waals surface area contributed by atoms with Crippen molar-refractivity contribution in [2.45, 2.75) is 6.92 Å². The van der Waals surface area contributed by atoms with Gasteiger partial charge in [-0.05, 0) is 13.0 Å². The third kappa shape index (κ3) is 2.28. The van der Waals surface area contributed by atoms with E-state index in [2.05, 4.69) is 20.2 Å². The van der Waals surface area contributed by atoms with Crippen molar-refractivity contribution in [2.75, 3.05) is 21.2 Å². The van der Waals surface area contributed by atoms with Crippen LogP contribution in [0, 0.1) is 6.92 Å². The lowest BCUT2D eigenvalue weighted by atomic mass is 9.97. The number of aryl methyl sites for hydroxylation is 2. The maximum absolute atomic E-state index is 13.1. The number of nitrogens with one attached hydrogen (secondary N) is 1. The van der Waals surface area contributed by atoms with Crippen molar-refractivity contribution in [1.29, 1.82) is 0 Å². The zero-order chi connectivity index (χ0) is 21.2. The van der Waals surface area contributed by atoms with Crippen molar-refractivity contribution in [3.63, 3.8) is 0 Å². The Hall–Kier alpha value is -3.88. The topological polar surface area (TPSA) is 93.3 Å². The molecule has 1 N–H and O–H groups in total. The summed E-state index contributed by atoms with van der Waals surface area (Å²) < 4.78 is 8.95. The minimum absolute atomic E-state index is 0.153. The Labute approximate surface area is 171 Å². The van der Waals surface area contributed by atoms with Gasteiger partial charge in [0.1, 0.15) is 11.6 Å². The number of aromatic amines is 1. The number of aliphatic imine (C=N–C) groups is 1. The van der Waals surface area contributed by atoms with E-state index in [1.165, 1.54) is 0 Å². The largest absolute Gasteiger partial charge is 0.496 e. The van der Waals surface area contributed by atoms with Crippen molar-refractivity contribution in [1.82, 2.24) is 29.2 Å². The van der Waals surface area contributed by atoms with Crippen molar-refractivity contribution in [2.24, 2.45) is 12.0 Å². The molecule has 0 saturated heterocycles. The molecule has 0 amide bonds. The van der Waals surface area contributed by atoms with Crippen LogP contribution >= 0.6 is 0 Å². The molecule has 0 atom stereocenters. The number of amidine groups is 1. The molecule has 0 saturated carbocycles. The number of fused-ring (bicyclic) bond motifs is 3. The number of hydrogen-bond acceptors (Lipinski definition) is 5. The average molecular weight is 403 g/mol. The minimum atomic E-state index is -0.153. The van der Waals surface area contributed by atoms with Crippen LogP contribution in [-0.4, -0.2) is 56.3 Å². The lowest BCUT2D eigenvalue weighted by Gasteiger charge is -2.30. The van der Waals surface area contributed by atoms with Gasteiger partial charge in [0.05, 0.1) is 41.2 Å². The molecule has 4 heterocycles. The van der Waals surface area contributed by atoms with E-state index in [-0.39, 0.29) is 5.69 Å². The predicted molar refractivity (Wildman–Crippen MR) is 116 cm³/mol. The summed E-state index contributed by atoms with van der Waals surface area (Å²) in [5.41, 5.74) is 5.47. The summed E-state index contributed by atoms with van der Waals surface area (Å²) in [7, 11) is 7.11. The maximum atomic E-state index is 13.1. The van der Waals surface area contributed by atoms with E-state index in [0.717, 1.165) is 44.6 Å². The van der Waals surface area contributed by atoms with E-state index in [1.54, 1.807) is 42.7 Å². The maximum Gasteiger partial charge on any atom is 0.333 e. The van der Waals surface area contributed by atoms with Gasteiger partial charge >= 0.3 is 5.69 Å². The zero-order valence-electron chi connectivity index (χ0n) is 17.4. The van der Waals surface area contributed by atoms with Crippen LogP contribution in [0.1, 0.15) is 11.3 Å². The van der Waals surface area contributed by atoms with Crippen molar-refractivity contribution in [3.05, 3.63) is 52.5 Å². The number of aromatic nitrogens is 5. The molecule has 30 heavy (non-hydrogen) atoms. The number of nitrogens with zero attached hydrogens (tertiary/aromatic N) is 6. The molecular weight excluding hydrogens is 382 g/mol. The third-order valence-electron chi connectivity index (χ3n) is 5.65. The van der Waals surface area contributed by atoms with Gasteiger partial charge in [0, 0.05) is 56.1 Å². The molecule has 9 nitrogen and oxygen atoms in total. The molecular formula is C21H21N7O2. The Bertz CT molecular complexity index is 1450. The lowest BCUT2D eigenvalue weighted by Crippen LogP contribution is -2.32. The number of ether oxygens (including phenoxy) is 1. The first-order valence-electron chi connectivity index (χ1n) is 9.47. The van der Waals surface area contributed by atoms with Crippen LogP contribution in [0.5, 0.6) is 5.75 Å². The number of likely N-dealkylation sites (N-methyl/N-ethyl adjacent to an activating group) is 1. The second kappa shape index (κ2) is 6.31. The van der Waals surface area contributed by atoms with Crippen LogP contribution in [0.3, 0.4) is 0 Å². The van der Waals surface area contributed by atoms with Gasteiger partial charge in [0.15, 0.2) is 0 Å². The molecule has 0 spiro atoms. The lowest BCUT2D eigenvalue weighted by molar-refractivity contribution is 0.414. The van der Waals surface area contributed by atoms with Gasteiger partial charge in [0.2, 0.25) is 0 Å². The van der Waals surface area contributed by atoms with Crippen LogP contribution < -0.4 is 10.4 Å². The molecule has 152 valence electrons. The summed E-state index contributed by atoms with van der Waals surface area (Å²) in [5.74, 6) is 1.59. The second-order valence-electron chi connectivity index (χ2n) is 7.30. The van der Waals surface area contributed by atoms with Crippen molar-refractivity contribution < 1.29 is 4.74 Å². The Morgan fingerprint density at radius 2 is 2.03 bits per heavy atom. The standard InChI is InChI=1S/C21H21N7O2/c1-11-16(9-24-25-11)28-19-13-6-12(14-10-26(3)20(14)22-2)18(30-5)7-15(13)23-8-17(19)27(4)21(28)29/h6-10H,1-5H3,(H,24,25)/b22-20+. The highest BCUT2D eigenvalue weighted by atomic mass is 16.5. The molecule has 0 bridgehead atoms. The molecule has 4 aromatic rings. The molecule has 1 aliphatic heterocycles. The van der Waals surface area contributed by atoms with Crippen molar-refractivity contribution in [3.8, 4) is 11.4 Å². The smallest absolute Gasteiger partial charge is 0.333 e. The summed E-state index contributed by atoms with van der Waals surface area (Å²) >= 11 is 0. The number of methoxy groups -OCH3 is 1. The molecule has 3 aromatic heterocycles. The van der Waals surface area contributed by atoms with Gasteiger partial charge in [-0.1, -0.05) is 0 Å². The summed E-state index contributed by atoms with van der Waals surface area (Å²) in [4.78, 5) is 24.1. The fourth-order valence-corrected chi connectivity index (χ4v) is 4.11. The zero-order valence-corrected chi connectivity index (χ0v) is 17.4. The number of hydrogen-bond donors (Lipinski definition) is 1. The third-order valence-corrected chi connectivity index (χ3v) is 5.65. The summed E-state index contributed by atoms with van der Waals surface area (Å²) in [5, 5.41) is 7.89. The van der Waals surface area contributed by atoms with Gasteiger partial charge in [0.25, 0.3) is 0 Å². The number of benzene rings is 1. The Balaban J connectivity index is 1.92. The van der Waals surface area contributed by atoms with Gasteiger partial charge in [-0.25, -0.2) is 4.79 Å². The second-order valence-corrected chi connectivity index (χ2v) is 7.30. The number of H-pyrrole nitrogens is 1. The molecule has 1 aromatic carbocycles. The first-order valence-corrected chi connectivity index (χ1v) is 9.47. The Morgan fingerprint density at radius 3 is 2.67 bits per heavy atom. The van der Waals surface area contributed by atoms with E-state index < -0.39 is 0 Å². The number of imidazole rings is 1. The number of rotatable bonds is 3. The highest BCUT2D eigenvalue weighted by Crippen LogP contribution is 2.37. The minimum Gasteiger partial charge on any atom is -0.496 e. The highest BCUT2D eigenvalue weighted by Gasteiger charge is 2.27. The monoisotopic (exact) mass is 403 g/mol. The van der Waals surface area contributed by atoms with Gasteiger partial charge in [-0.15, -0.1) is 0 Å². The van der Waals surface area contributed by atoms with Gasteiger partial charge < -0.3 is 9.64 Å². The van der Waals surface area contributed by atoms with Crippen LogP contribution in [0.2, 0.25) is 0 Å². The Morgan fingerprint density at radius 1 is 1.23 bits per heavy atom. The fraction of sp³-hybridized carbons (Fsp3) is 0.238. The summed E-state index contributed by atoms with van der Waals surface area (Å²) in [6.07, 6.45) is 5.47. The van der Waals surface area contributed by atoms with Crippen LogP contribution in [-0.2, 0) is 7.05 Å². The van der Waals surface area contributed by atoms with E-state index in [1.807, 2.05) is 37.2 Å². The molecule has 1 aliphatic rings. The molecule has 5 rings (SSSR count).